The number of hydrogen-bond acceptors (Lipinski definition) is 5. The minimum absolute atomic E-state index is 2.01. The molecule has 164 valence electrons. The molecule has 31 heavy (non-hydrogen) atoms. The van der Waals surface area contributed by atoms with Gasteiger partial charge in [0.25, 0.3) is 0 Å². The SMILES string of the molecule is O=C(O)c1c(F)c(F)c(F)c(Oc2c(F)c(F)c(F)c(C(=O)O)c2C(=O)O)c1C(=O)O. The van der Waals surface area contributed by atoms with Crippen LogP contribution < -0.4 is 4.74 Å². The van der Waals surface area contributed by atoms with Crippen molar-refractivity contribution in [2.24, 2.45) is 0 Å². The fraction of sp³-hybridized carbons (Fsp3) is 0. The Labute approximate surface area is 164 Å². The van der Waals surface area contributed by atoms with Crippen molar-refractivity contribution in [1.29, 1.82) is 0 Å². The largest absolute Gasteiger partial charge is 0.478 e. The van der Waals surface area contributed by atoms with Gasteiger partial charge in [0.2, 0.25) is 11.6 Å². The zero-order valence-electron chi connectivity index (χ0n) is 14.1. The topological polar surface area (TPSA) is 158 Å². The van der Waals surface area contributed by atoms with E-state index in [0.717, 1.165) is 0 Å². The highest BCUT2D eigenvalue weighted by Crippen LogP contribution is 2.39. The molecule has 0 aromatic heterocycles. The van der Waals surface area contributed by atoms with E-state index in [-0.39, 0.29) is 0 Å². The summed E-state index contributed by atoms with van der Waals surface area (Å²) in [5.41, 5.74) is -8.14. The lowest BCUT2D eigenvalue weighted by atomic mass is 10.0. The minimum Gasteiger partial charge on any atom is -0.478 e. The maximum absolute atomic E-state index is 14.2. The first-order valence-corrected chi connectivity index (χ1v) is 7.25. The summed E-state index contributed by atoms with van der Waals surface area (Å²) >= 11 is 0. The Morgan fingerprint density at radius 3 is 0.935 bits per heavy atom. The van der Waals surface area contributed by atoms with Crippen LogP contribution in [0.2, 0.25) is 0 Å². The molecule has 2 aromatic rings. The average Bonchev–Trinajstić information content (AvgIpc) is 2.66. The van der Waals surface area contributed by atoms with Crippen molar-refractivity contribution in [3.05, 3.63) is 57.2 Å². The highest BCUT2D eigenvalue weighted by Gasteiger charge is 2.38. The Morgan fingerprint density at radius 2 is 0.710 bits per heavy atom. The predicted molar refractivity (Wildman–Crippen MR) is 80.5 cm³/mol. The highest BCUT2D eigenvalue weighted by molar-refractivity contribution is 6.05. The van der Waals surface area contributed by atoms with Crippen molar-refractivity contribution >= 4 is 23.9 Å². The number of carboxylic acid groups (broad SMARTS) is 4. The molecule has 0 bridgehead atoms. The monoisotopic (exact) mass is 454 g/mol. The number of rotatable bonds is 6. The lowest BCUT2D eigenvalue weighted by Crippen LogP contribution is -2.19. The van der Waals surface area contributed by atoms with Gasteiger partial charge in [-0.1, -0.05) is 0 Å². The Kier molecular flexibility index (Phi) is 5.82. The second-order valence-corrected chi connectivity index (χ2v) is 5.36. The zero-order valence-corrected chi connectivity index (χ0v) is 14.1. The third-order valence-electron chi connectivity index (χ3n) is 3.62. The number of hydrogen-bond donors (Lipinski definition) is 4. The predicted octanol–water partition coefficient (Wildman–Crippen LogP) is 3.11. The highest BCUT2D eigenvalue weighted by atomic mass is 19.2. The Hall–Kier alpha value is -4.30. The molecule has 0 saturated carbocycles. The van der Waals surface area contributed by atoms with Crippen LogP contribution in [0.3, 0.4) is 0 Å². The average molecular weight is 454 g/mol. The van der Waals surface area contributed by atoms with Crippen LogP contribution in [0.1, 0.15) is 41.4 Å². The van der Waals surface area contributed by atoms with Gasteiger partial charge in [0.1, 0.15) is 22.3 Å². The van der Waals surface area contributed by atoms with Crippen molar-refractivity contribution < 1.29 is 70.7 Å². The van der Waals surface area contributed by atoms with Gasteiger partial charge in [0, 0.05) is 0 Å². The first-order chi connectivity index (χ1) is 14.2. The maximum Gasteiger partial charge on any atom is 0.340 e. The molecule has 4 N–H and O–H groups in total. The van der Waals surface area contributed by atoms with E-state index in [1.54, 1.807) is 0 Å². The molecule has 0 spiro atoms. The molecular weight excluding hydrogens is 450 g/mol. The summed E-state index contributed by atoms with van der Waals surface area (Å²) in [5.74, 6) is -30.0. The van der Waals surface area contributed by atoms with Crippen molar-refractivity contribution in [2.45, 2.75) is 0 Å². The van der Waals surface area contributed by atoms with Crippen molar-refractivity contribution in [3.8, 4) is 11.5 Å². The number of aromatic carboxylic acids is 4. The molecule has 0 radical (unpaired) electrons. The van der Waals surface area contributed by atoms with Gasteiger partial charge < -0.3 is 25.2 Å². The number of benzene rings is 2. The van der Waals surface area contributed by atoms with E-state index in [9.17, 15) is 45.5 Å². The van der Waals surface area contributed by atoms with E-state index >= 15 is 0 Å². The normalized spacial score (nSPS) is 10.6. The fourth-order valence-corrected chi connectivity index (χ4v) is 2.38. The summed E-state index contributed by atoms with van der Waals surface area (Å²) in [6.07, 6.45) is 0. The molecule has 0 saturated heterocycles. The number of carbonyl (C=O) groups is 4. The van der Waals surface area contributed by atoms with Crippen molar-refractivity contribution in [2.75, 3.05) is 0 Å². The smallest absolute Gasteiger partial charge is 0.340 e. The van der Waals surface area contributed by atoms with E-state index in [1.807, 2.05) is 0 Å². The second-order valence-electron chi connectivity index (χ2n) is 5.36. The van der Waals surface area contributed by atoms with Crippen LogP contribution in [0.5, 0.6) is 11.5 Å². The molecule has 0 atom stereocenters. The Morgan fingerprint density at radius 1 is 0.452 bits per heavy atom. The number of carboxylic acids is 4. The molecule has 9 nitrogen and oxygen atoms in total. The molecule has 0 aliphatic rings. The third-order valence-corrected chi connectivity index (χ3v) is 3.62. The van der Waals surface area contributed by atoms with Gasteiger partial charge in [-0.25, -0.2) is 36.7 Å². The van der Waals surface area contributed by atoms with Gasteiger partial charge in [-0.05, 0) is 0 Å². The summed E-state index contributed by atoms with van der Waals surface area (Å²) in [6, 6.07) is 0. The summed E-state index contributed by atoms with van der Waals surface area (Å²) in [7, 11) is 0. The van der Waals surface area contributed by atoms with Crippen molar-refractivity contribution in [3.63, 3.8) is 0 Å². The molecule has 0 fully saturated rings. The first kappa shape index (κ1) is 23.0. The summed E-state index contributed by atoms with van der Waals surface area (Å²) in [6.45, 7) is 0. The van der Waals surface area contributed by atoms with Gasteiger partial charge >= 0.3 is 23.9 Å². The van der Waals surface area contributed by atoms with Crippen LogP contribution in [0.25, 0.3) is 0 Å². The summed E-state index contributed by atoms with van der Waals surface area (Å²) < 4.78 is 87.6. The van der Waals surface area contributed by atoms with Crippen LogP contribution in [-0.2, 0) is 0 Å². The zero-order chi connectivity index (χ0) is 23.9. The fourth-order valence-electron chi connectivity index (χ4n) is 2.38. The summed E-state index contributed by atoms with van der Waals surface area (Å²) in [5, 5.41) is 35.9. The van der Waals surface area contributed by atoms with Crippen LogP contribution in [0.15, 0.2) is 0 Å². The lowest BCUT2D eigenvalue weighted by molar-refractivity contribution is 0.0637. The first-order valence-electron chi connectivity index (χ1n) is 7.25. The van der Waals surface area contributed by atoms with E-state index < -0.39 is 92.5 Å². The summed E-state index contributed by atoms with van der Waals surface area (Å²) in [4.78, 5) is 44.8. The number of ether oxygens (including phenoxy) is 1. The van der Waals surface area contributed by atoms with Gasteiger partial charge in [-0.15, -0.1) is 0 Å². The molecule has 0 amide bonds. The molecular formula is C16H4F6O9. The molecule has 0 heterocycles. The maximum atomic E-state index is 14.2. The molecule has 15 heteroatoms. The van der Waals surface area contributed by atoms with Gasteiger partial charge in [-0.3, -0.25) is 0 Å². The van der Waals surface area contributed by atoms with Gasteiger partial charge in [0.05, 0.1) is 0 Å². The molecule has 0 unspecified atom stereocenters. The molecule has 0 aliphatic carbocycles. The molecule has 2 aromatic carbocycles. The minimum atomic E-state index is -2.67. The Bertz CT molecular complexity index is 1100. The van der Waals surface area contributed by atoms with Crippen LogP contribution in [0.4, 0.5) is 26.3 Å². The molecule has 0 aliphatic heterocycles. The Balaban J connectivity index is 3.06. The quantitative estimate of drug-likeness (QED) is 0.380. The van der Waals surface area contributed by atoms with Crippen LogP contribution in [-0.4, -0.2) is 44.3 Å². The van der Waals surface area contributed by atoms with Crippen molar-refractivity contribution in [1.82, 2.24) is 0 Å². The van der Waals surface area contributed by atoms with E-state index in [0.29, 0.717) is 0 Å². The number of halogens is 6. The van der Waals surface area contributed by atoms with Crippen LogP contribution in [0, 0.1) is 34.9 Å². The standard InChI is InChI=1S/C16H4F6O9/c17-5-1(13(23)24)3(15(27)28)11(9(21)7(5)19)31-12-4(16(29)30)2(14(25)26)6(18)8(20)10(12)22/h(H,23,24)(H,25,26)(H,27,28)(H,29,30). The third kappa shape index (κ3) is 3.56. The van der Waals surface area contributed by atoms with E-state index in [4.69, 9.17) is 20.4 Å². The van der Waals surface area contributed by atoms with E-state index in [1.165, 1.54) is 0 Å². The second kappa shape index (κ2) is 7.85. The van der Waals surface area contributed by atoms with E-state index in [2.05, 4.69) is 4.74 Å². The van der Waals surface area contributed by atoms with Gasteiger partial charge in [0.15, 0.2) is 34.8 Å². The van der Waals surface area contributed by atoms with Gasteiger partial charge in [-0.2, -0.15) is 8.78 Å². The lowest BCUT2D eigenvalue weighted by Gasteiger charge is -2.17. The molecule has 2 rings (SSSR count). The van der Waals surface area contributed by atoms with Crippen LogP contribution >= 0.6 is 0 Å².